The van der Waals surface area contributed by atoms with E-state index >= 15 is 0 Å². The van der Waals surface area contributed by atoms with Crippen LogP contribution >= 0.6 is 0 Å². The van der Waals surface area contributed by atoms with Gasteiger partial charge < -0.3 is 18.9 Å². The minimum atomic E-state index is -4.09. The first-order valence-electron chi connectivity index (χ1n) is 12.9. The van der Waals surface area contributed by atoms with E-state index in [0.29, 0.717) is 41.0 Å². The van der Waals surface area contributed by atoms with Crippen molar-refractivity contribution in [3.05, 3.63) is 47.8 Å². The summed E-state index contributed by atoms with van der Waals surface area (Å²) in [6.45, 7) is 7.62. The van der Waals surface area contributed by atoms with Crippen LogP contribution in [0.3, 0.4) is 0 Å². The SMILES string of the molecule is COc1cccc(OC)c1-n1c(NS(=O)(=O)[C@H](C)[C@H](OC(C)C)c2cnc(C)cn2)nnc1[C@@H]1CCCCO1. The van der Waals surface area contributed by atoms with Crippen molar-refractivity contribution in [2.24, 2.45) is 0 Å². The number of benzene rings is 1. The van der Waals surface area contributed by atoms with Crippen LogP contribution in [0.5, 0.6) is 11.5 Å². The van der Waals surface area contributed by atoms with Gasteiger partial charge in [0.25, 0.3) is 0 Å². The zero-order chi connectivity index (χ0) is 28.2. The molecular formula is C26H36N6O6S. The lowest BCUT2D eigenvalue weighted by atomic mass is 10.1. The van der Waals surface area contributed by atoms with Crippen molar-refractivity contribution in [3.8, 4) is 17.2 Å². The summed E-state index contributed by atoms with van der Waals surface area (Å²) in [7, 11) is -1.03. The second kappa shape index (κ2) is 12.3. The topological polar surface area (TPSA) is 140 Å². The van der Waals surface area contributed by atoms with Crippen molar-refractivity contribution < 1.29 is 27.4 Å². The number of para-hydroxylation sites is 1. The highest BCUT2D eigenvalue weighted by Crippen LogP contribution is 2.39. The van der Waals surface area contributed by atoms with Crippen LogP contribution in [0.2, 0.25) is 0 Å². The lowest BCUT2D eigenvalue weighted by Crippen LogP contribution is -2.34. The number of ether oxygens (including phenoxy) is 4. The molecular weight excluding hydrogens is 524 g/mol. The fourth-order valence-electron chi connectivity index (χ4n) is 4.43. The number of anilines is 1. The van der Waals surface area contributed by atoms with Gasteiger partial charge in [-0.1, -0.05) is 6.07 Å². The van der Waals surface area contributed by atoms with Crippen molar-refractivity contribution in [1.82, 2.24) is 24.7 Å². The van der Waals surface area contributed by atoms with Crippen LogP contribution in [0.15, 0.2) is 30.6 Å². The summed E-state index contributed by atoms with van der Waals surface area (Å²) < 4.78 is 55.2. The number of nitrogens with zero attached hydrogens (tertiary/aromatic N) is 5. The fourth-order valence-corrected chi connectivity index (χ4v) is 5.54. The molecule has 4 rings (SSSR count). The second-order valence-electron chi connectivity index (χ2n) is 9.62. The smallest absolute Gasteiger partial charge is 0.243 e. The number of nitrogens with one attached hydrogen (secondary N) is 1. The van der Waals surface area contributed by atoms with E-state index in [1.165, 1.54) is 20.4 Å². The molecule has 1 aromatic carbocycles. The molecule has 0 bridgehead atoms. The molecule has 39 heavy (non-hydrogen) atoms. The van der Waals surface area contributed by atoms with Gasteiger partial charge in [-0.05, 0) is 59.1 Å². The maximum atomic E-state index is 13.8. The molecule has 3 atom stereocenters. The highest BCUT2D eigenvalue weighted by molar-refractivity contribution is 7.93. The lowest BCUT2D eigenvalue weighted by molar-refractivity contribution is 0.00392. The third kappa shape index (κ3) is 6.31. The Bertz CT molecular complexity index is 1330. The van der Waals surface area contributed by atoms with E-state index in [1.807, 2.05) is 20.8 Å². The number of hydrogen-bond donors (Lipinski definition) is 1. The summed E-state index contributed by atoms with van der Waals surface area (Å²) in [6.07, 6.45) is 4.21. The Labute approximate surface area is 229 Å². The number of hydrogen-bond acceptors (Lipinski definition) is 10. The third-order valence-electron chi connectivity index (χ3n) is 6.44. The lowest BCUT2D eigenvalue weighted by Gasteiger charge is -2.27. The van der Waals surface area contributed by atoms with Crippen molar-refractivity contribution in [2.45, 2.75) is 70.5 Å². The maximum absolute atomic E-state index is 13.8. The Hall–Kier alpha value is -3.29. The molecule has 12 nitrogen and oxygen atoms in total. The maximum Gasteiger partial charge on any atom is 0.243 e. The van der Waals surface area contributed by atoms with Crippen molar-refractivity contribution in [1.29, 1.82) is 0 Å². The van der Waals surface area contributed by atoms with Gasteiger partial charge in [0.05, 0.1) is 37.9 Å². The van der Waals surface area contributed by atoms with E-state index < -0.39 is 21.4 Å². The highest BCUT2D eigenvalue weighted by Gasteiger charge is 2.36. The molecule has 0 unspecified atom stereocenters. The van der Waals surface area contributed by atoms with Crippen LogP contribution < -0.4 is 14.2 Å². The summed E-state index contributed by atoms with van der Waals surface area (Å²) in [5.74, 6) is 1.33. The summed E-state index contributed by atoms with van der Waals surface area (Å²) in [5.41, 5.74) is 1.59. The summed E-state index contributed by atoms with van der Waals surface area (Å²) in [4.78, 5) is 8.66. The molecule has 3 heterocycles. The zero-order valence-electron chi connectivity index (χ0n) is 23.1. The number of rotatable bonds is 11. The Morgan fingerprint density at radius 3 is 2.33 bits per heavy atom. The van der Waals surface area contributed by atoms with E-state index in [1.54, 1.807) is 35.9 Å². The molecule has 1 fully saturated rings. The van der Waals surface area contributed by atoms with Crippen LogP contribution in [0.1, 0.15) is 69.5 Å². The molecule has 0 spiro atoms. The van der Waals surface area contributed by atoms with Crippen LogP contribution in [-0.2, 0) is 19.5 Å². The first-order valence-corrected chi connectivity index (χ1v) is 14.4. The van der Waals surface area contributed by atoms with Gasteiger partial charge in [-0.15, -0.1) is 10.2 Å². The van der Waals surface area contributed by atoms with Gasteiger partial charge in [-0.3, -0.25) is 19.3 Å². The Morgan fingerprint density at radius 2 is 1.77 bits per heavy atom. The molecule has 1 saturated heterocycles. The van der Waals surface area contributed by atoms with Crippen molar-refractivity contribution >= 4 is 16.0 Å². The largest absolute Gasteiger partial charge is 0.494 e. The molecule has 13 heteroatoms. The van der Waals surface area contributed by atoms with Gasteiger partial charge in [-0.25, -0.2) is 8.42 Å². The van der Waals surface area contributed by atoms with Gasteiger partial charge >= 0.3 is 0 Å². The number of methoxy groups -OCH3 is 2. The predicted octanol–water partition coefficient (Wildman–Crippen LogP) is 3.92. The molecule has 1 aliphatic heterocycles. The number of aryl methyl sites for hydroxylation is 1. The van der Waals surface area contributed by atoms with Crippen LogP contribution in [0.4, 0.5) is 5.95 Å². The Balaban J connectivity index is 1.79. The monoisotopic (exact) mass is 560 g/mol. The molecule has 0 saturated carbocycles. The first kappa shape index (κ1) is 28.7. The second-order valence-corrected chi connectivity index (χ2v) is 11.7. The average Bonchev–Trinajstić information content (AvgIpc) is 3.33. The first-order chi connectivity index (χ1) is 18.7. The normalized spacial score (nSPS) is 17.6. The Morgan fingerprint density at radius 1 is 1.05 bits per heavy atom. The molecule has 2 aromatic heterocycles. The van der Waals surface area contributed by atoms with Crippen LogP contribution in [0.25, 0.3) is 5.69 Å². The molecule has 1 N–H and O–H groups in total. The minimum Gasteiger partial charge on any atom is -0.494 e. The van der Waals surface area contributed by atoms with E-state index in [2.05, 4.69) is 24.9 Å². The van der Waals surface area contributed by atoms with Gasteiger partial charge in [0.15, 0.2) is 5.82 Å². The predicted molar refractivity (Wildman–Crippen MR) is 145 cm³/mol. The molecule has 0 amide bonds. The molecule has 3 aromatic rings. The quantitative estimate of drug-likeness (QED) is 0.367. The van der Waals surface area contributed by atoms with Crippen molar-refractivity contribution in [2.75, 3.05) is 25.5 Å². The molecule has 1 aliphatic rings. The van der Waals surface area contributed by atoms with E-state index in [4.69, 9.17) is 18.9 Å². The van der Waals surface area contributed by atoms with Gasteiger partial charge in [-0.2, -0.15) is 0 Å². The minimum absolute atomic E-state index is 0.0212. The fraction of sp³-hybridized carbons (Fsp3) is 0.538. The standard InChI is InChI=1S/C26H36N6O6S/c1-16(2)38-24(19-15-27-17(3)14-28-19)18(4)39(33,34)31-26-30-29-25(22-10-7-8-13-37-22)32(26)23-20(35-5)11-9-12-21(23)36-6/h9,11-12,14-16,18,22,24H,7-8,10,13H2,1-6H3,(H,30,31)/t18-,22+,24+/m1/s1. The molecule has 212 valence electrons. The molecule has 0 aliphatic carbocycles. The van der Waals surface area contributed by atoms with Gasteiger partial charge in [0, 0.05) is 12.8 Å². The molecule has 0 radical (unpaired) electrons. The van der Waals surface area contributed by atoms with Crippen molar-refractivity contribution in [3.63, 3.8) is 0 Å². The average molecular weight is 561 g/mol. The van der Waals surface area contributed by atoms with E-state index in [0.717, 1.165) is 19.3 Å². The van der Waals surface area contributed by atoms with Gasteiger partial charge in [0.1, 0.15) is 34.6 Å². The number of aromatic nitrogens is 5. The highest BCUT2D eigenvalue weighted by atomic mass is 32.2. The zero-order valence-corrected chi connectivity index (χ0v) is 23.9. The van der Waals surface area contributed by atoms with Crippen LogP contribution in [0, 0.1) is 6.92 Å². The Kier molecular flexibility index (Phi) is 9.03. The van der Waals surface area contributed by atoms with E-state index in [9.17, 15) is 8.42 Å². The van der Waals surface area contributed by atoms with Gasteiger partial charge in [0.2, 0.25) is 16.0 Å². The summed E-state index contributed by atoms with van der Waals surface area (Å²) in [5, 5.41) is 7.56. The van der Waals surface area contributed by atoms with Crippen LogP contribution in [-0.4, -0.2) is 65.3 Å². The third-order valence-corrected chi connectivity index (χ3v) is 8.13. The van der Waals surface area contributed by atoms with E-state index in [-0.39, 0.29) is 18.2 Å². The summed E-state index contributed by atoms with van der Waals surface area (Å²) in [6, 6.07) is 5.30. The summed E-state index contributed by atoms with van der Waals surface area (Å²) >= 11 is 0. The number of sulfonamides is 1.